The molecule has 2 aromatic heterocycles. The quantitative estimate of drug-likeness (QED) is 0.858. The Balaban J connectivity index is 2.00. The van der Waals surface area contributed by atoms with Crippen LogP contribution in [-0.4, -0.2) is 25.4 Å². The second-order valence-electron chi connectivity index (χ2n) is 3.76. The van der Waals surface area contributed by atoms with Crippen LogP contribution in [0.25, 0.3) is 0 Å². The van der Waals surface area contributed by atoms with E-state index in [0.717, 1.165) is 17.7 Å². The van der Waals surface area contributed by atoms with Gasteiger partial charge in [-0.2, -0.15) is 5.10 Å². The van der Waals surface area contributed by atoms with Gasteiger partial charge in [0, 0.05) is 37.7 Å². The molecule has 0 saturated heterocycles. The number of rotatable bonds is 3. The third kappa shape index (κ3) is 2.52. The van der Waals surface area contributed by atoms with Crippen molar-refractivity contribution in [2.45, 2.75) is 19.9 Å². The van der Waals surface area contributed by atoms with Crippen molar-refractivity contribution in [3.63, 3.8) is 0 Å². The first-order valence-electron chi connectivity index (χ1n) is 5.48. The Bertz CT molecular complexity index is 500. The van der Waals surface area contributed by atoms with Gasteiger partial charge < -0.3 is 5.32 Å². The van der Waals surface area contributed by atoms with Crippen LogP contribution >= 0.6 is 0 Å². The molecule has 0 saturated carbocycles. The van der Waals surface area contributed by atoms with Gasteiger partial charge in [0.2, 0.25) is 0 Å². The summed E-state index contributed by atoms with van der Waals surface area (Å²) < 4.78 is 3.17. The summed E-state index contributed by atoms with van der Waals surface area (Å²) in [6, 6.07) is -0.187. The summed E-state index contributed by atoms with van der Waals surface area (Å²) in [5.74, 6) is 0. The van der Waals surface area contributed by atoms with E-state index in [4.69, 9.17) is 0 Å². The summed E-state index contributed by atoms with van der Waals surface area (Å²) in [5, 5.41) is 7.14. The van der Waals surface area contributed by atoms with E-state index in [0.29, 0.717) is 6.54 Å². The predicted molar refractivity (Wildman–Crippen MR) is 62.4 cm³/mol. The standard InChI is InChI=1S/C11H15N5O/c1-3-10-9(7-15(2)14-10)6-13-11(17)16-5-4-12-8-16/h4-5,7-8H,3,6H2,1-2H3,(H,13,17). The van der Waals surface area contributed by atoms with E-state index in [1.165, 1.54) is 10.9 Å². The molecular formula is C11H15N5O. The van der Waals surface area contributed by atoms with E-state index in [9.17, 15) is 4.79 Å². The Hall–Kier alpha value is -2.11. The minimum Gasteiger partial charge on any atom is -0.333 e. The number of nitrogens with one attached hydrogen (secondary N) is 1. The van der Waals surface area contributed by atoms with Crippen LogP contribution in [0.15, 0.2) is 24.9 Å². The molecule has 0 spiro atoms. The maximum atomic E-state index is 11.7. The van der Waals surface area contributed by atoms with Crippen LogP contribution in [0.5, 0.6) is 0 Å². The summed E-state index contributed by atoms with van der Waals surface area (Å²) in [6.07, 6.45) is 7.43. The van der Waals surface area contributed by atoms with Gasteiger partial charge in [-0.05, 0) is 6.42 Å². The van der Waals surface area contributed by atoms with E-state index in [1.807, 2.05) is 20.2 Å². The van der Waals surface area contributed by atoms with Gasteiger partial charge in [0.25, 0.3) is 0 Å². The highest BCUT2D eigenvalue weighted by molar-refractivity contribution is 5.76. The molecule has 2 rings (SSSR count). The third-order valence-electron chi connectivity index (χ3n) is 2.50. The SMILES string of the molecule is CCc1nn(C)cc1CNC(=O)n1ccnc1. The van der Waals surface area contributed by atoms with Gasteiger partial charge in [-0.1, -0.05) is 6.92 Å². The second kappa shape index (κ2) is 4.82. The average molecular weight is 233 g/mol. The van der Waals surface area contributed by atoms with Crippen molar-refractivity contribution >= 4 is 6.03 Å². The van der Waals surface area contributed by atoms with Crippen LogP contribution in [0.1, 0.15) is 18.2 Å². The molecule has 0 unspecified atom stereocenters. The normalized spacial score (nSPS) is 10.5. The number of aromatic nitrogens is 4. The molecule has 0 bridgehead atoms. The van der Waals surface area contributed by atoms with Gasteiger partial charge in [0.05, 0.1) is 5.69 Å². The molecule has 6 nitrogen and oxygen atoms in total. The zero-order valence-electron chi connectivity index (χ0n) is 9.92. The molecule has 6 heteroatoms. The van der Waals surface area contributed by atoms with Crippen molar-refractivity contribution in [1.82, 2.24) is 24.6 Å². The highest BCUT2D eigenvalue weighted by atomic mass is 16.2. The lowest BCUT2D eigenvalue weighted by Crippen LogP contribution is -2.27. The molecule has 0 radical (unpaired) electrons. The lowest BCUT2D eigenvalue weighted by Gasteiger charge is -2.04. The molecule has 0 aliphatic rings. The number of hydrogen-bond acceptors (Lipinski definition) is 3. The van der Waals surface area contributed by atoms with Crippen molar-refractivity contribution in [1.29, 1.82) is 0 Å². The molecule has 0 aliphatic carbocycles. The Morgan fingerprint density at radius 2 is 2.35 bits per heavy atom. The first-order valence-corrected chi connectivity index (χ1v) is 5.48. The monoisotopic (exact) mass is 233 g/mol. The number of nitrogens with zero attached hydrogens (tertiary/aromatic N) is 4. The Morgan fingerprint density at radius 1 is 1.53 bits per heavy atom. The van der Waals surface area contributed by atoms with Gasteiger partial charge in [0.15, 0.2) is 0 Å². The molecule has 0 fully saturated rings. The number of carbonyl (C=O) groups is 1. The lowest BCUT2D eigenvalue weighted by atomic mass is 10.2. The van der Waals surface area contributed by atoms with E-state index in [2.05, 4.69) is 15.4 Å². The zero-order valence-corrected chi connectivity index (χ0v) is 9.92. The average Bonchev–Trinajstić information content (AvgIpc) is 2.94. The summed E-state index contributed by atoms with van der Waals surface area (Å²) >= 11 is 0. The summed E-state index contributed by atoms with van der Waals surface area (Å²) in [6.45, 7) is 2.53. The smallest absolute Gasteiger partial charge is 0.327 e. The van der Waals surface area contributed by atoms with Crippen LogP contribution in [0.4, 0.5) is 4.79 Å². The fourth-order valence-electron chi connectivity index (χ4n) is 1.67. The van der Waals surface area contributed by atoms with Crippen LogP contribution in [-0.2, 0) is 20.0 Å². The summed E-state index contributed by atoms with van der Waals surface area (Å²) in [4.78, 5) is 15.5. The van der Waals surface area contributed by atoms with Crippen molar-refractivity contribution in [2.24, 2.45) is 7.05 Å². The molecule has 0 aliphatic heterocycles. The number of amides is 1. The maximum absolute atomic E-state index is 11.7. The third-order valence-corrected chi connectivity index (χ3v) is 2.50. The lowest BCUT2D eigenvalue weighted by molar-refractivity contribution is 0.242. The van der Waals surface area contributed by atoms with E-state index in [1.54, 1.807) is 17.1 Å². The fourth-order valence-corrected chi connectivity index (χ4v) is 1.67. The minimum atomic E-state index is -0.187. The minimum absolute atomic E-state index is 0.187. The Kier molecular flexibility index (Phi) is 3.22. The summed E-state index contributed by atoms with van der Waals surface area (Å²) in [7, 11) is 1.88. The van der Waals surface area contributed by atoms with Crippen LogP contribution in [0, 0.1) is 0 Å². The van der Waals surface area contributed by atoms with Crippen molar-refractivity contribution in [2.75, 3.05) is 0 Å². The highest BCUT2D eigenvalue weighted by Gasteiger charge is 2.08. The highest BCUT2D eigenvalue weighted by Crippen LogP contribution is 2.06. The Morgan fingerprint density at radius 3 is 3.00 bits per heavy atom. The molecule has 1 amide bonds. The molecule has 17 heavy (non-hydrogen) atoms. The van der Waals surface area contributed by atoms with Gasteiger partial charge >= 0.3 is 6.03 Å². The molecule has 90 valence electrons. The fraction of sp³-hybridized carbons (Fsp3) is 0.364. The van der Waals surface area contributed by atoms with E-state index < -0.39 is 0 Å². The number of carbonyl (C=O) groups excluding carboxylic acids is 1. The first kappa shape index (κ1) is 11.4. The molecule has 2 heterocycles. The van der Waals surface area contributed by atoms with Gasteiger partial charge in [-0.25, -0.2) is 9.78 Å². The Labute approximate surface area is 99.3 Å². The molecule has 2 aromatic rings. The van der Waals surface area contributed by atoms with E-state index >= 15 is 0 Å². The molecule has 1 N–H and O–H groups in total. The predicted octanol–water partition coefficient (Wildman–Crippen LogP) is 0.937. The van der Waals surface area contributed by atoms with Crippen molar-refractivity contribution in [3.05, 3.63) is 36.2 Å². The van der Waals surface area contributed by atoms with Gasteiger partial charge in [0.1, 0.15) is 6.33 Å². The maximum Gasteiger partial charge on any atom is 0.327 e. The molecular weight excluding hydrogens is 218 g/mol. The first-order chi connectivity index (χ1) is 8.20. The second-order valence-corrected chi connectivity index (χ2v) is 3.76. The van der Waals surface area contributed by atoms with Crippen molar-refractivity contribution in [3.8, 4) is 0 Å². The topological polar surface area (TPSA) is 64.7 Å². The van der Waals surface area contributed by atoms with Crippen molar-refractivity contribution < 1.29 is 4.79 Å². The number of imidazole rings is 1. The number of aryl methyl sites for hydroxylation is 2. The summed E-state index contributed by atoms with van der Waals surface area (Å²) in [5.41, 5.74) is 2.06. The van der Waals surface area contributed by atoms with Crippen LogP contribution in [0.2, 0.25) is 0 Å². The largest absolute Gasteiger partial charge is 0.333 e. The molecule has 0 aromatic carbocycles. The number of hydrogen-bond donors (Lipinski definition) is 1. The van der Waals surface area contributed by atoms with Gasteiger partial charge in [-0.3, -0.25) is 9.25 Å². The zero-order chi connectivity index (χ0) is 12.3. The van der Waals surface area contributed by atoms with E-state index in [-0.39, 0.29) is 6.03 Å². The van der Waals surface area contributed by atoms with Crippen LogP contribution in [0.3, 0.4) is 0 Å². The van der Waals surface area contributed by atoms with Crippen LogP contribution < -0.4 is 5.32 Å². The molecule has 0 atom stereocenters. The van der Waals surface area contributed by atoms with Gasteiger partial charge in [-0.15, -0.1) is 0 Å².